The van der Waals surface area contributed by atoms with Crippen molar-refractivity contribution in [3.8, 4) is 11.4 Å². The number of amides is 8. The topological polar surface area (TPSA) is 352 Å². The lowest BCUT2D eigenvalue weighted by atomic mass is 9.81. The van der Waals surface area contributed by atoms with E-state index < -0.39 is 140 Å². The highest BCUT2D eigenvalue weighted by atomic mass is 19.1. The molecular formula is C52H55FN10O15. The van der Waals surface area contributed by atoms with Crippen molar-refractivity contribution in [2.75, 3.05) is 39.5 Å². The summed E-state index contributed by atoms with van der Waals surface area (Å²) in [6, 6.07) is 7.63. The third kappa shape index (κ3) is 11.5. The van der Waals surface area contributed by atoms with Crippen LogP contribution < -0.4 is 42.8 Å². The number of aliphatic hydroxyl groups is 1. The lowest BCUT2D eigenvalue weighted by Gasteiger charge is -2.31. The molecule has 0 saturated carbocycles. The highest BCUT2D eigenvalue weighted by Crippen LogP contribution is 2.46. The van der Waals surface area contributed by atoms with Gasteiger partial charge in [0.1, 0.15) is 37.3 Å². The Bertz CT molecular complexity index is 3320. The van der Waals surface area contributed by atoms with E-state index in [4.69, 9.17) is 20.9 Å². The minimum Gasteiger partial charge on any atom is -0.480 e. The standard InChI is InChI=1S/C52H55FN10O15/c1-4-52(76)31-15-36-46-29(22-62(36)50(74)30(31)23-77-51(52)75)45-33(11-10-28-25(2)32(53)16-34(60-46)44(28)45)61-47(71)26(3)78-24-58-39(65)19-56-48(72)35(14-27-8-6-5-7-9-27)59-40(66)20-55-38(64)18-57-49(73)37(17-54-21-43(69)70)63-41(67)12-13-42(63)68/h5-9,12-13,15-16,26,33,35,37,54,76H,4,10-11,14,17-24H2,1-3H3,(H,55,64)(H,56,72)(H,57,73)(H,58,65)(H,59,66)(H,61,71)(H,69,70)/t26?,33-,35-,37?,52-/m0/s1/i26D. The summed E-state index contributed by atoms with van der Waals surface area (Å²) in [4.78, 5) is 147. The van der Waals surface area contributed by atoms with Crippen LogP contribution in [-0.2, 0) is 89.0 Å². The van der Waals surface area contributed by atoms with E-state index in [1.807, 2.05) is 0 Å². The van der Waals surface area contributed by atoms with Crippen LogP contribution in [0.3, 0.4) is 0 Å². The number of imide groups is 1. The van der Waals surface area contributed by atoms with Gasteiger partial charge in [0.15, 0.2) is 5.60 Å². The number of esters is 1. The minimum atomic E-state index is -2.33. The quantitative estimate of drug-likeness (QED) is 0.0209. The van der Waals surface area contributed by atoms with Gasteiger partial charge in [-0.1, -0.05) is 37.3 Å². The van der Waals surface area contributed by atoms with Gasteiger partial charge < -0.3 is 61.5 Å². The number of hydrogen-bond donors (Lipinski definition) is 9. The number of aromatic nitrogens is 2. The maximum Gasteiger partial charge on any atom is 0.343 e. The summed E-state index contributed by atoms with van der Waals surface area (Å²) in [6.45, 7) is 0.171. The predicted octanol–water partition coefficient (Wildman–Crippen LogP) is -1.85. The normalized spacial score (nSPS) is 18.5. The Morgan fingerprint density at radius 3 is 2.27 bits per heavy atom. The second-order valence-corrected chi connectivity index (χ2v) is 18.8. The fourth-order valence-electron chi connectivity index (χ4n) is 9.77. The molecule has 1 aliphatic carbocycles. The number of carbonyl (C=O) groups excluding carboxylic acids is 9. The number of carbonyl (C=O) groups is 10. The molecule has 4 aromatic rings. The van der Waals surface area contributed by atoms with E-state index in [1.165, 1.54) is 16.7 Å². The first-order chi connectivity index (χ1) is 37.5. The zero-order chi connectivity index (χ0) is 57.1. The van der Waals surface area contributed by atoms with Crippen LogP contribution in [0, 0.1) is 12.7 Å². The smallest absolute Gasteiger partial charge is 0.343 e. The average molecular weight is 1080 g/mol. The van der Waals surface area contributed by atoms with Crippen molar-refractivity contribution in [3.05, 3.63) is 110 Å². The largest absolute Gasteiger partial charge is 0.480 e. The molecule has 78 heavy (non-hydrogen) atoms. The van der Waals surface area contributed by atoms with E-state index in [0.29, 0.717) is 44.5 Å². The molecule has 410 valence electrons. The summed E-state index contributed by atoms with van der Waals surface area (Å²) < 4.78 is 36.5. The Morgan fingerprint density at radius 1 is 0.897 bits per heavy atom. The molecule has 5 atom stereocenters. The first-order valence-electron chi connectivity index (χ1n) is 25.2. The van der Waals surface area contributed by atoms with Crippen molar-refractivity contribution in [1.82, 2.24) is 51.7 Å². The third-order valence-electron chi connectivity index (χ3n) is 13.9. The van der Waals surface area contributed by atoms with Gasteiger partial charge in [0.2, 0.25) is 35.4 Å². The number of cyclic esters (lactones) is 1. The van der Waals surface area contributed by atoms with Crippen LogP contribution in [0.5, 0.6) is 0 Å². The van der Waals surface area contributed by atoms with Crippen molar-refractivity contribution in [2.45, 2.75) is 89.4 Å². The Hall–Kier alpha value is -8.75. The summed E-state index contributed by atoms with van der Waals surface area (Å²) >= 11 is 0. The number of ether oxygens (including phenoxy) is 2. The van der Waals surface area contributed by atoms with Gasteiger partial charge in [0, 0.05) is 47.7 Å². The van der Waals surface area contributed by atoms with Crippen LogP contribution in [0.1, 0.15) is 73.0 Å². The zero-order valence-electron chi connectivity index (χ0n) is 43.3. The van der Waals surface area contributed by atoms with Crippen LogP contribution in [0.2, 0.25) is 0 Å². The minimum absolute atomic E-state index is 0.0245. The van der Waals surface area contributed by atoms with Gasteiger partial charge in [-0.05, 0) is 61.4 Å². The van der Waals surface area contributed by atoms with E-state index in [0.717, 1.165) is 19.1 Å². The highest BCUT2D eigenvalue weighted by molar-refractivity contribution is 6.15. The van der Waals surface area contributed by atoms with E-state index in [2.05, 4.69) is 37.2 Å². The molecule has 0 saturated heterocycles. The molecule has 0 spiro atoms. The van der Waals surface area contributed by atoms with E-state index in [1.54, 1.807) is 44.2 Å². The SMILES string of the molecule is [2H]C(C)(OCNC(=O)CNC(=O)[C@H](Cc1ccccc1)NC(=O)CNC(=O)CNC(=O)C(CNCC(=O)O)N1C(=O)C=CC1=O)C(=O)N[C@H]1CCc2c(C)c(F)cc3nc4c(c1c23)Cn1c-4cc2c(c1=O)COC(=O)[C@]2(O)CC. The van der Waals surface area contributed by atoms with Gasteiger partial charge in [-0.15, -0.1) is 0 Å². The van der Waals surface area contributed by atoms with Gasteiger partial charge in [0.25, 0.3) is 17.4 Å². The van der Waals surface area contributed by atoms with Gasteiger partial charge in [-0.3, -0.25) is 52.8 Å². The molecule has 25 nitrogen and oxygen atoms in total. The molecule has 2 aromatic carbocycles. The van der Waals surface area contributed by atoms with Gasteiger partial charge >= 0.3 is 11.9 Å². The predicted molar refractivity (Wildman–Crippen MR) is 268 cm³/mol. The average Bonchev–Trinajstić information content (AvgIpc) is 4.06. The number of nitrogens with zero attached hydrogens (tertiary/aromatic N) is 3. The fraction of sp³-hybridized carbons (Fsp3) is 0.385. The molecule has 8 rings (SSSR count). The molecule has 0 bridgehead atoms. The highest BCUT2D eigenvalue weighted by Gasteiger charge is 2.46. The Labute approximate surface area is 444 Å². The Morgan fingerprint density at radius 2 is 1.58 bits per heavy atom. The number of pyridine rings is 2. The van der Waals surface area contributed by atoms with Gasteiger partial charge in [0.05, 0.1) is 62.6 Å². The number of carboxylic acid groups (broad SMARTS) is 1. The fourth-order valence-corrected chi connectivity index (χ4v) is 9.77. The number of rotatable bonds is 22. The molecule has 26 heteroatoms. The summed E-state index contributed by atoms with van der Waals surface area (Å²) in [5.74, 6) is -9.62. The van der Waals surface area contributed by atoms with Crippen molar-refractivity contribution in [3.63, 3.8) is 0 Å². The van der Waals surface area contributed by atoms with E-state index >= 15 is 4.39 Å². The number of benzene rings is 2. The number of halogens is 1. The monoisotopic (exact) mass is 1080 g/mol. The lowest BCUT2D eigenvalue weighted by Crippen LogP contribution is -2.56. The second-order valence-electron chi connectivity index (χ2n) is 18.8. The summed E-state index contributed by atoms with van der Waals surface area (Å²) in [5, 5.41) is 38.0. The van der Waals surface area contributed by atoms with Crippen molar-refractivity contribution in [2.24, 2.45) is 0 Å². The first kappa shape index (κ1) is 54.1. The first-order valence-corrected chi connectivity index (χ1v) is 24.7. The van der Waals surface area contributed by atoms with Crippen LogP contribution >= 0.6 is 0 Å². The molecule has 9 N–H and O–H groups in total. The van der Waals surface area contributed by atoms with Crippen molar-refractivity contribution < 1.29 is 73.4 Å². The maximum atomic E-state index is 15.4. The van der Waals surface area contributed by atoms with Crippen molar-refractivity contribution in [1.29, 1.82) is 0 Å². The molecule has 4 aliphatic rings. The molecular weight excluding hydrogens is 1020 g/mol. The molecule has 5 heterocycles. The number of fused-ring (bicyclic) bond motifs is 5. The van der Waals surface area contributed by atoms with Gasteiger partial charge in [-0.2, -0.15) is 0 Å². The molecule has 2 unspecified atom stereocenters. The zero-order valence-corrected chi connectivity index (χ0v) is 42.3. The second kappa shape index (κ2) is 23.2. The summed E-state index contributed by atoms with van der Waals surface area (Å²) in [6.07, 6.45) is -0.0823. The summed E-state index contributed by atoms with van der Waals surface area (Å²) in [5.41, 5.74) is 1.06. The molecule has 2 aromatic heterocycles. The maximum absolute atomic E-state index is 15.4. The van der Waals surface area contributed by atoms with Crippen LogP contribution in [-0.4, -0.2) is 141 Å². The Kier molecular flexibility index (Phi) is 16.1. The Balaban J connectivity index is 0.862. The molecule has 0 fully saturated rings. The number of hydrogen-bond acceptors (Lipinski definition) is 16. The summed E-state index contributed by atoms with van der Waals surface area (Å²) in [7, 11) is 0. The van der Waals surface area contributed by atoms with E-state index in [9.17, 15) is 57.8 Å². The molecule has 8 amide bonds. The third-order valence-corrected chi connectivity index (χ3v) is 13.9. The van der Waals surface area contributed by atoms with Crippen molar-refractivity contribution >= 4 is 70.1 Å². The number of carboxylic acids is 1. The molecule has 3 aliphatic heterocycles. The van der Waals surface area contributed by atoms with Crippen LogP contribution in [0.15, 0.2) is 59.4 Å². The van der Waals surface area contributed by atoms with Crippen LogP contribution in [0.25, 0.3) is 22.3 Å². The van der Waals surface area contributed by atoms with Gasteiger partial charge in [-0.25, -0.2) is 14.2 Å². The number of aryl methyl sites for hydroxylation is 1. The van der Waals surface area contributed by atoms with Crippen LogP contribution in [0.4, 0.5) is 4.39 Å². The number of aliphatic carboxylic acids is 1. The van der Waals surface area contributed by atoms with E-state index in [-0.39, 0.29) is 60.4 Å². The number of nitrogens with one attached hydrogen (secondary N) is 7. The lowest BCUT2D eigenvalue weighted by molar-refractivity contribution is -0.172. The molecule has 0 radical (unpaired) electrons.